The molecule has 1 atom stereocenters. The van der Waals surface area contributed by atoms with Crippen LogP contribution in [0.5, 0.6) is 17.2 Å². The molecule has 3 N–H and O–H groups in total. The molecule has 3 aromatic carbocycles. The van der Waals surface area contributed by atoms with Crippen molar-refractivity contribution in [3.63, 3.8) is 0 Å². The van der Waals surface area contributed by atoms with Crippen molar-refractivity contribution >= 4 is 28.6 Å². The van der Waals surface area contributed by atoms with Gasteiger partial charge in [0, 0.05) is 46.1 Å². The SMILES string of the molecule is CC1(c2cnc(-c3cc(Oc4cc5cc[nH]c5c(F)c4F)ccc3F)[nH]2)CCOc2c(CCC(=O)O)cccc21.CSC1CC1. The molecule has 2 aliphatic rings. The van der Waals surface area contributed by atoms with Crippen molar-refractivity contribution in [1.29, 1.82) is 0 Å². The number of carbonyl (C=O) groups is 1. The summed E-state index contributed by atoms with van der Waals surface area (Å²) in [4.78, 5) is 21.4. The third-order valence-electron chi connectivity index (χ3n) is 8.29. The maximum absolute atomic E-state index is 15.0. The zero-order valence-electron chi connectivity index (χ0n) is 24.8. The Morgan fingerprint density at radius 1 is 1.16 bits per heavy atom. The molecule has 0 radical (unpaired) electrons. The molecule has 0 spiro atoms. The number of hydrogen-bond donors (Lipinski definition) is 3. The van der Waals surface area contributed by atoms with Crippen molar-refractivity contribution in [3.8, 4) is 28.6 Å². The van der Waals surface area contributed by atoms with Gasteiger partial charge in [0.1, 0.15) is 23.1 Å². The highest BCUT2D eigenvalue weighted by Crippen LogP contribution is 2.45. The number of aryl methyl sites for hydroxylation is 1. The van der Waals surface area contributed by atoms with Gasteiger partial charge in [-0.15, -0.1) is 0 Å². The maximum Gasteiger partial charge on any atom is 0.303 e. The fourth-order valence-electron chi connectivity index (χ4n) is 5.51. The zero-order chi connectivity index (χ0) is 31.7. The van der Waals surface area contributed by atoms with Gasteiger partial charge in [0.05, 0.1) is 17.7 Å². The largest absolute Gasteiger partial charge is 0.493 e. The van der Waals surface area contributed by atoms with Crippen molar-refractivity contribution in [2.24, 2.45) is 0 Å². The molecule has 3 heterocycles. The van der Waals surface area contributed by atoms with Crippen LogP contribution in [0.15, 0.2) is 60.9 Å². The van der Waals surface area contributed by atoms with Crippen molar-refractivity contribution in [3.05, 3.63) is 95.2 Å². The van der Waals surface area contributed by atoms with E-state index in [0.29, 0.717) is 30.6 Å². The number of benzene rings is 3. The summed E-state index contributed by atoms with van der Waals surface area (Å²) >= 11 is 1.99. The molecule has 7 nitrogen and oxygen atoms in total. The summed E-state index contributed by atoms with van der Waals surface area (Å²) in [5.41, 5.74) is 1.98. The van der Waals surface area contributed by atoms with Crippen LogP contribution >= 0.6 is 11.8 Å². The number of para-hydroxylation sites is 1. The van der Waals surface area contributed by atoms with Gasteiger partial charge < -0.3 is 24.5 Å². The minimum atomic E-state index is -1.16. The van der Waals surface area contributed by atoms with Gasteiger partial charge in [-0.25, -0.2) is 13.8 Å². The van der Waals surface area contributed by atoms with Gasteiger partial charge in [0.25, 0.3) is 0 Å². The number of H-pyrrole nitrogens is 2. The van der Waals surface area contributed by atoms with Crippen LogP contribution < -0.4 is 9.47 Å². The van der Waals surface area contributed by atoms with E-state index in [1.54, 1.807) is 12.3 Å². The number of nitrogens with one attached hydrogen (secondary N) is 2. The van der Waals surface area contributed by atoms with E-state index >= 15 is 0 Å². The summed E-state index contributed by atoms with van der Waals surface area (Å²) in [6, 6.07) is 12.5. The minimum absolute atomic E-state index is 0.0159. The molecule has 5 aromatic rings. The molecule has 2 aromatic heterocycles. The number of imidazole rings is 1. The van der Waals surface area contributed by atoms with Gasteiger partial charge in [-0.1, -0.05) is 18.2 Å². The number of aromatic nitrogens is 3. The van der Waals surface area contributed by atoms with Crippen LogP contribution in [0.25, 0.3) is 22.3 Å². The molecule has 0 saturated heterocycles. The first-order valence-electron chi connectivity index (χ1n) is 14.7. The fourth-order valence-corrected chi connectivity index (χ4v) is 6.11. The Morgan fingerprint density at radius 3 is 2.71 bits per heavy atom. The van der Waals surface area contributed by atoms with E-state index in [1.165, 1.54) is 43.3 Å². The molecule has 1 saturated carbocycles. The molecule has 0 amide bonds. The summed E-state index contributed by atoms with van der Waals surface area (Å²) < 4.78 is 55.6. The van der Waals surface area contributed by atoms with Crippen molar-refractivity contribution in [2.45, 2.75) is 49.7 Å². The Labute approximate surface area is 262 Å². The van der Waals surface area contributed by atoms with Crippen LogP contribution in [0.3, 0.4) is 0 Å². The molecular formula is C34H32F3N3O4S. The van der Waals surface area contributed by atoms with Crippen molar-refractivity contribution < 1.29 is 32.5 Å². The van der Waals surface area contributed by atoms with Gasteiger partial charge in [0.15, 0.2) is 11.6 Å². The minimum Gasteiger partial charge on any atom is -0.493 e. The normalized spacial score (nSPS) is 17.3. The lowest BCUT2D eigenvalue weighted by molar-refractivity contribution is -0.136. The van der Waals surface area contributed by atoms with E-state index in [4.69, 9.17) is 14.6 Å². The predicted molar refractivity (Wildman–Crippen MR) is 168 cm³/mol. The first kappa shape index (κ1) is 30.6. The number of rotatable bonds is 8. The van der Waals surface area contributed by atoms with Gasteiger partial charge in [-0.2, -0.15) is 16.2 Å². The van der Waals surface area contributed by atoms with E-state index < -0.39 is 28.8 Å². The Hall–Kier alpha value is -4.38. The van der Waals surface area contributed by atoms with E-state index in [-0.39, 0.29) is 34.8 Å². The molecule has 1 aliphatic heterocycles. The first-order chi connectivity index (χ1) is 21.7. The van der Waals surface area contributed by atoms with E-state index in [2.05, 4.69) is 21.2 Å². The highest BCUT2D eigenvalue weighted by Gasteiger charge is 2.38. The van der Waals surface area contributed by atoms with Crippen LogP contribution in [-0.4, -0.2) is 44.1 Å². The van der Waals surface area contributed by atoms with Crippen LogP contribution in [-0.2, 0) is 16.6 Å². The fraction of sp³-hybridized carbons (Fsp3) is 0.294. The summed E-state index contributed by atoms with van der Waals surface area (Å²) in [6.07, 6.45) is 9.19. The number of carboxylic acid groups (broad SMARTS) is 1. The van der Waals surface area contributed by atoms with Crippen LogP contribution in [0.2, 0.25) is 0 Å². The molecule has 0 bridgehead atoms. The standard InChI is InChI=1S/C30H24F3N3O4.C4H8S/c1-30(10-12-39-28-16(5-8-24(37)38)3-2-4-20(28)30)23-15-35-29(36-23)19-14-18(6-7-21(19)31)40-22-13-17-9-11-34-27(17)26(33)25(22)32;1-5-4-2-3-4/h2-4,6-7,9,11,13-15,34H,5,8,10,12H2,1H3,(H,35,36)(H,37,38);4H,2-3H2,1H3. The second kappa shape index (κ2) is 12.5. The monoisotopic (exact) mass is 635 g/mol. The second-order valence-electron chi connectivity index (χ2n) is 11.4. The van der Waals surface area contributed by atoms with Gasteiger partial charge in [-0.05, 0) is 74.8 Å². The van der Waals surface area contributed by atoms with E-state index in [9.17, 15) is 18.0 Å². The van der Waals surface area contributed by atoms with Gasteiger partial charge >= 0.3 is 5.97 Å². The lowest BCUT2D eigenvalue weighted by atomic mass is 9.74. The highest BCUT2D eigenvalue weighted by molar-refractivity contribution is 7.99. The molecule has 1 unspecified atom stereocenters. The van der Waals surface area contributed by atoms with Crippen LogP contribution in [0.4, 0.5) is 13.2 Å². The lowest BCUT2D eigenvalue weighted by Crippen LogP contribution is -2.32. The Balaban J connectivity index is 0.000000652. The zero-order valence-corrected chi connectivity index (χ0v) is 25.6. The number of hydrogen-bond acceptors (Lipinski definition) is 5. The average molecular weight is 636 g/mol. The van der Waals surface area contributed by atoms with Crippen LogP contribution in [0.1, 0.15) is 49.4 Å². The Kier molecular flexibility index (Phi) is 8.54. The molecule has 1 aliphatic carbocycles. The molecule has 1 fully saturated rings. The molecule has 234 valence electrons. The number of aromatic amines is 2. The second-order valence-corrected chi connectivity index (χ2v) is 12.5. The van der Waals surface area contributed by atoms with Crippen molar-refractivity contribution in [2.75, 3.05) is 12.9 Å². The first-order valence-corrected chi connectivity index (χ1v) is 15.9. The summed E-state index contributed by atoms with van der Waals surface area (Å²) in [5, 5.41) is 10.6. The van der Waals surface area contributed by atoms with Crippen LogP contribution in [0, 0.1) is 17.5 Å². The Bertz CT molecular complexity index is 1870. The van der Waals surface area contributed by atoms with E-state index in [0.717, 1.165) is 22.1 Å². The molecule has 45 heavy (non-hydrogen) atoms. The molecule has 11 heteroatoms. The summed E-state index contributed by atoms with van der Waals surface area (Å²) in [6.45, 7) is 2.43. The highest BCUT2D eigenvalue weighted by atomic mass is 32.2. The van der Waals surface area contributed by atoms with Crippen molar-refractivity contribution in [1.82, 2.24) is 15.0 Å². The third kappa shape index (κ3) is 6.26. The third-order valence-corrected chi connectivity index (χ3v) is 9.43. The topological polar surface area (TPSA) is 100 Å². The quantitative estimate of drug-likeness (QED) is 0.158. The Morgan fingerprint density at radius 2 is 1.98 bits per heavy atom. The number of halogens is 3. The number of thioether (sulfide) groups is 1. The average Bonchev–Trinajstić information content (AvgIpc) is 3.53. The number of aliphatic carboxylic acids is 1. The lowest BCUT2D eigenvalue weighted by Gasteiger charge is -2.36. The predicted octanol–water partition coefficient (Wildman–Crippen LogP) is 8.39. The van der Waals surface area contributed by atoms with Gasteiger partial charge in [-0.3, -0.25) is 4.79 Å². The molecule has 7 rings (SSSR count). The number of nitrogens with zero attached hydrogens (tertiary/aromatic N) is 1. The number of ether oxygens (including phenoxy) is 2. The van der Waals surface area contributed by atoms with Gasteiger partial charge in [0.2, 0.25) is 5.82 Å². The molecular weight excluding hydrogens is 603 g/mol. The number of fused-ring (bicyclic) bond motifs is 2. The summed E-state index contributed by atoms with van der Waals surface area (Å²) in [7, 11) is 0. The maximum atomic E-state index is 15.0. The summed E-state index contributed by atoms with van der Waals surface area (Å²) in [5.74, 6) is -3.01. The van der Waals surface area contributed by atoms with E-state index in [1.807, 2.05) is 36.9 Å². The number of carboxylic acids is 1. The smallest absolute Gasteiger partial charge is 0.303 e.